The maximum Gasteiger partial charge on any atom is 0.323 e. The van der Waals surface area contributed by atoms with Gasteiger partial charge in [0.2, 0.25) is 0 Å². The highest BCUT2D eigenvalue weighted by molar-refractivity contribution is 6.03. The highest BCUT2D eigenvalue weighted by atomic mass is 16.5. The summed E-state index contributed by atoms with van der Waals surface area (Å²) in [6, 6.07) is 17.8. The van der Waals surface area contributed by atoms with Crippen LogP contribution in [-0.2, 0) is 13.0 Å². The second kappa shape index (κ2) is 11.7. The molecule has 7 heteroatoms. The molecule has 0 radical (unpaired) electrons. The molecule has 0 unspecified atom stereocenters. The third kappa shape index (κ3) is 6.28. The van der Waals surface area contributed by atoms with E-state index >= 15 is 0 Å². The summed E-state index contributed by atoms with van der Waals surface area (Å²) in [4.78, 5) is 25.1. The lowest BCUT2D eigenvalue weighted by molar-refractivity contribution is 0.0983. The van der Waals surface area contributed by atoms with Crippen molar-refractivity contribution in [2.45, 2.75) is 33.3 Å². The summed E-state index contributed by atoms with van der Waals surface area (Å²) >= 11 is 0. The lowest BCUT2D eigenvalue weighted by Gasteiger charge is -2.14. The molecule has 0 atom stereocenters. The van der Waals surface area contributed by atoms with Crippen LogP contribution in [-0.4, -0.2) is 26.0 Å². The van der Waals surface area contributed by atoms with Crippen LogP contribution >= 0.6 is 0 Å². The van der Waals surface area contributed by atoms with Crippen molar-refractivity contribution in [3.05, 3.63) is 77.4 Å². The van der Waals surface area contributed by atoms with Crippen LogP contribution in [0.2, 0.25) is 0 Å². The summed E-state index contributed by atoms with van der Waals surface area (Å²) in [7, 11) is 3.07. The molecule has 2 amide bonds. The zero-order chi connectivity index (χ0) is 24.5. The molecule has 0 fully saturated rings. The highest BCUT2D eigenvalue weighted by Crippen LogP contribution is 2.30. The maximum atomic E-state index is 12.6. The summed E-state index contributed by atoms with van der Waals surface area (Å²) in [5.41, 5.74) is 3.72. The minimum absolute atomic E-state index is 0.0692. The van der Waals surface area contributed by atoms with Gasteiger partial charge >= 0.3 is 6.03 Å². The standard InChI is InChI=1S/C27H30N2O5/c1-5-18-7-9-19(10-8-18)17-34-24-13-11-20(15-22(24)23(30)6-2)28-27(31)29-21-12-14-25(32-3)26(16-21)33-4/h7-16H,5-6,17H2,1-4H3,(H2,28,29,31). The van der Waals surface area contributed by atoms with Crippen LogP contribution in [0.4, 0.5) is 16.2 Å². The number of hydrogen-bond acceptors (Lipinski definition) is 5. The molecule has 3 aromatic rings. The fourth-order valence-electron chi connectivity index (χ4n) is 3.38. The van der Waals surface area contributed by atoms with Crippen LogP contribution in [0.15, 0.2) is 60.7 Å². The molecule has 3 rings (SSSR count). The number of hydrogen-bond donors (Lipinski definition) is 2. The minimum atomic E-state index is -0.452. The van der Waals surface area contributed by atoms with E-state index < -0.39 is 6.03 Å². The summed E-state index contributed by atoms with van der Waals surface area (Å²) in [5.74, 6) is 1.48. The van der Waals surface area contributed by atoms with Crippen LogP contribution in [0.5, 0.6) is 17.2 Å². The molecule has 7 nitrogen and oxygen atoms in total. The second-order valence-corrected chi connectivity index (χ2v) is 7.60. The summed E-state index contributed by atoms with van der Waals surface area (Å²) < 4.78 is 16.4. The first-order valence-corrected chi connectivity index (χ1v) is 11.1. The van der Waals surface area contributed by atoms with Gasteiger partial charge in [-0.05, 0) is 47.9 Å². The van der Waals surface area contributed by atoms with E-state index in [-0.39, 0.29) is 5.78 Å². The molecule has 3 aromatic carbocycles. The van der Waals surface area contributed by atoms with Gasteiger partial charge in [0.25, 0.3) is 0 Å². The quantitative estimate of drug-likeness (QED) is 0.357. The first-order valence-electron chi connectivity index (χ1n) is 11.1. The van der Waals surface area contributed by atoms with Crippen molar-refractivity contribution in [3.8, 4) is 17.2 Å². The van der Waals surface area contributed by atoms with Gasteiger partial charge < -0.3 is 24.8 Å². The number of carbonyl (C=O) groups excluding carboxylic acids is 2. The maximum absolute atomic E-state index is 12.6. The van der Waals surface area contributed by atoms with Crippen molar-refractivity contribution in [1.82, 2.24) is 0 Å². The van der Waals surface area contributed by atoms with Crippen LogP contribution in [0.25, 0.3) is 0 Å². The Hall–Kier alpha value is -4.00. The lowest BCUT2D eigenvalue weighted by atomic mass is 10.1. The van der Waals surface area contributed by atoms with E-state index in [0.717, 1.165) is 12.0 Å². The fourth-order valence-corrected chi connectivity index (χ4v) is 3.38. The first kappa shape index (κ1) is 24.6. The average molecular weight is 463 g/mol. The van der Waals surface area contributed by atoms with Gasteiger partial charge in [-0.2, -0.15) is 0 Å². The molecule has 34 heavy (non-hydrogen) atoms. The van der Waals surface area contributed by atoms with E-state index in [1.165, 1.54) is 12.7 Å². The molecular formula is C27H30N2O5. The van der Waals surface area contributed by atoms with Gasteiger partial charge in [-0.25, -0.2) is 4.79 Å². The van der Waals surface area contributed by atoms with Crippen LogP contribution in [0.1, 0.15) is 41.8 Å². The third-order valence-electron chi connectivity index (χ3n) is 5.33. The summed E-state index contributed by atoms with van der Waals surface area (Å²) in [6.45, 7) is 4.25. The number of ether oxygens (including phenoxy) is 3. The largest absolute Gasteiger partial charge is 0.493 e. The van der Waals surface area contributed by atoms with E-state index in [0.29, 0.717) is 47.2 Å². The molecule has 0 saturated carbocycles. The number of amides is 2. The number of nitrogens with one attached hydrogen (secondary N) is 2. The SMILES string of the molecule is CCC(=O)c1cc(NC(=O)Nc2ccc(OC)c(OC)c2)ccc1OCc1ccc(CC)cc1. The van der Waals surface area contributed by atoms with Crippen molar-refractivity contribution < 1.29 is 23.8 Å². The number of aryl methyl sites for hydroxylation is 1. The Balaban J connectivity index is 1.71. The van der Waals surface area contributed by atoms with E-state index in [2.05, 4.69) is 29.7 Å². The summed E-state index contributed by atoms with van der Waals surface area (Å²) in [5, 5.41) is 5.51. The first-order chi connectivity index (χ1) is 16.5. The molecule has 0 aliphatic carbocycles. The minimum Gasteiger partial charge on any atom is -0.493 e. The Morgan fingerprint density at radius 2 is 1.32 bits per heavy atom. The molecule has 0 aliphatic heterocycles. The number of urea groups is 1. The van der Waals surface area contributed by atoms with Crippen LogP contribution in [0.3, 0.4) is 0 Å². The normalized spacial score (nSPS) is 10.4. The zero-order valence-corrected chi connectivity index (χ0v) is 19.9. The second-order valence-electron chi connectivity index (χ2n) is 7.60. The number of anilines is 2. The van der Waals surface area contributed by atoms with Crippen molar-refractivity contribution in [2.24, 2.45) is 0 Å². The Morgan fingerprint density at radius 3 is 1.91 bits per heavy atom. The Labute approximate surface area is 200 Å². The Morgan fingerprint density at radius 1 is 0.735 bits per heavy atom. The van der Waals surface area contributed by atoms with Crippen molar-refractivity contribution >= 4 is 23.2 Å². The molecule has 0 saturated heterocycles. The Bertz CT molecular complexity index is 1140. The predicted molar refractivity (Wildman–Crippen MR) is 133 cm³/mol. The van der Waals surface area contributed by atoms with E-state index in [1.54, 1.807) is 50.4 Å². The molecule has 0 heterocycles. The monoisotopic (exact) mass is 462 g/mol. The van der Waals surface area contributed by atoms with Gasteiger partial charge in [0, 0.05) is 23.9 Å². The van der Waals surface area contributed by atoms with Gasteiger partial charge in [0.1, 0.15) is 12.4 Å². The van der Waals surface area contributed by atoms with Crippen molar-refractivity contribution in [2.75, 3.05) is 24.9 Å². The molecule has 0 spiro atoms. The molecule has 0 aliphatic rings. The van der Waals surface area contributed by atoms with Gasteiger partial charge in [-0.3, -0.25) is 4.79 Å². The topological polar surface area (TPSA) is 85.9 Å². The smallest absolute Gasteiger partial charge is 0.323 e. The van der Waals surface area contributed by atoms with Crippen LogP contribution in [0, 0.1) is 0 Å². The highest BCUT2D eigenvalue weighted by Gasteiger charge is 2.14. The molecule has 178 valence electrons. The van der Waals surface area contributed by atoms with Crippen molar-refractivity contribution in [3.63, 3.8) is 0 Å². The number of carbonyl (C=O) groups is 2. The molecule has 2 N–H and O–H groups in total. The third-order valence-corrected chi connectivity index (χ3v) is 5.33. The number of methoxy groups -OCH3 is 2. The zero-order valence-electron chi connectivity index (χ0n) is 19.9. The number of rotatable bonds is 10. The van der Waals surface area contributed by atoms with E-state index in [1.807, 2.05) is 12.1 Å². The lowest BCUT2D eigenvalue weighted by Crippen LogP contribution is -2.19. The molecule has 0 bridgehead atoms. The number of ketones is 1. The molecular weight excluding hydrogens is 432 g/mol. The van der Waals surface area contributed by atoms with Gasteiger partial charge in [-0.15, -0.1) is 0 Å². The van der Waals surface area contributed by atoms with Gasteiger partial charge in [-0.1, -0.05) is 38.1 Å². The predicted octanol–water partition coefficient (Wildman–Crippen LogP) is 6.08. The number of Topliss-reactive ketones (excluding diaryl/α,β-unsaturated/α-hetero) is 1. The summed E-state index contributed by atoms with van der Waals surface area (Å²) in [6.07, 6.45) is 1.30. The van der Waals surface area contributed by atoms with Crippen LogP contribution < -0.4 is 24.8 Å². The van der Waals surface area contributed by atoms with E-state index in [9.17, 15) is 9.59 Å². The number of benzene rings is 3. The average Bonchev–Trinajstić information content (AvgIpc) is 2.87. The van der Waals surface area contributed by atoms with Gasteiger partial charge in [0.05, 0.1) is 19.8 Å². The molecule has 0 aromatic heterocycles. The Kier molecular flexibility index (Phi) is 8.51. The van der Waals surface area contributed by atoms with Gasteiger partial charge in [0.15, 0.2) is 17.3 Å². The van der Waals surface area contributed by atoms with Crippen molar-refractivity contribution in [1.29, 1.82) is 0 Å². The van der Waals surface area contributed by atoms with E-state index in [4.69, 9.17) is 14.2 Å². The fraction of sp³-hybridized carbons (Fsp3) is 0.259.